The van der Waals surface area contributed by atoms with Gasteiger partial charge in [0, 0.05) is 26.1 Å². The number of carbonyl (C=O) groups excluding carboxylic acids is 4. The quantitative estimate of drug-likeness (QED) is 0.513. The van der Waals surface area contributed by atoms with E-state index in [9.17, 15) is 19.2 Å². The summed E-state index contributed by atoms with van der Waals surface area (Å²) in [5.74, 6) is -2.00. The Morgan fingerprint density at radius 2 is 2.06 bits per heavy atom. The van der Waals surface area contributed by atoms with Crippen LogP contribution in [0, 0.1) is 0 Å². The molecule has 10 nitrogen and oxygen atoms in total. The van der Waals surface area contributed by atoms with Gasteiger partial charge in [0.05, 0.1) is 30.4 Å². The first-order valence-corrected chi connectivity index (χ1v) is 11.0. The molecule has 0 saturated carbocycles. The fourth-order valence-corrected chi connectivity index (χ4v) is 4.94. The fourth-order valence-electron chi connectivity index (χ4n) is 4.94. The standard InChI is InChI=1S/C22H26N4O6/c27-17-5-4-16(19(28)25-17)26-20(29)15-3-1-2-13(18(15)21(26)30)8-24-9-14-10-31-12-22(32-14)6-7-23-11-22/h1-3,14,16,23-24H,4-12H2,(H,25,27,28). The zero-order valence-electron chi connectivity index (χ0n) is 17.6. The molecule has 3 N–H and O–H groups in total. The molecule has 3 atom stereocenters. The molecule has 1 spiro atoms. The third-order valence-electron chi connectivity index (χ3n) is 6.53. The third-order valence-corrected chi connectivity index (χ3v) is 6.53. The van der Waals surface area contributed by atoms with Gasteiger partial charge in [-0.3, -0.25) is 29.4 Å². The van der Waals surface area contributed by atoms with Gasteiger partial charge in [-0.15, -0.1) is 0 Å². The molecule has 0 aromatic heterocycles. The summed E-state index contributed by atoms with van der Waals surface area (Å²) in [4.78, 5) is 50.8. The lowest BCUT2D eigenvalue weighted by Crippen LogP contribution is -2.54. The van der Waals surface area contributed by atoms with Gasteiger partial charge in [0.25, 0.3) is 11.8 Å². The van der Waals surface area contributed by atoms with Crippen LogP contribution in [0.1, 0.15) is 45.5 Å². The van der Waals surface area contributed by atoms with Crippen molar-refractivity contribution in [2.75, 3.05) is 32.8 Å². The van der Waals surface area contributed by atoms with E-state index in [2.05, 4.69) is 16.0 Å². The van der Waals surface area contributed by atoms with Crippen molar-refractivity contribution in [1.82, 2.24) is 20.9 Å². The van der Waals surface area contributed by atoms with Gasteiger partial charge in [0.15, 0.2) is 0 Å². The molecular weight excluding hydrogens is 416 g/mol. The SMILES string of the molecule is O=C1CCC(N2C(=O)c3cccc(CNCC4COCC5(CCNC5)O4)c3C2=O)C(=O)N1. The first kappa shape index (κ1) is 21.2. The Labute approximate surface area is 185 Å². The number of rotatable bonds is 5. The molecule has 3 unspecified atom stereocenters. The Balaban J connectivity index is 1.26. The van der Waals surface area contributed by atoms with E-state index in [4.69, 9.17) is 9.47 Å². The van der Waals surface area contributed by atoms with Gasteiger partial charge in [-0.05, 0) is 31.0 Å². The van der Waals surface area contributed by atoms with E-state index in [1.807, 2.05) is 0 Å². The lowest BCUT2D eigenvalue weighted by atomic mass is 10.0. The van der Waals surface area contributed by atoms with Gasteiger partial charge in [-0.2, -0.15) is 0 Å². The van der Waals surface area contributed by atoms with Crippen LogP contribution in [0.4, 0.5) is 0 Å². The van der Waals surface area contributed by atoms with E-state index in [0.29, 0.717) is 37.4 Å². The maximum absolute atomic E-state index is 13.1. The number of hydrogen-bond donors (Lipinski definition) is 3. The van der Waals surface area contributed by atoms with Crippen LogP contribution in [-0.4, -0.2) is 79.1 Å². The van der Waals surface area contributed by atoms with Crippen molar-refractivity contribution in [3.63, 3.8) is 0 Å². The molecule has 3 saturated heterocycles. The van der Waals surface area contributed by atoms with Gasteiger partial charge in [0.2, 0.25) is 11.8 Å². The van der Waals surface area contributed by atoms with E-state index in [1.54, 1.807) is 18.2 Å². The van der Waals surface area contributed by atoms with Crippen molar-refractivity contribution in [3.8, 4) is 0 Å². The number of ether oxygens (including phenoxy) is 2. The second kappa shape index (κ2) is 8.36. The minimum atomic E-state index is -0.968. The summed E-state index contributed by atoms with van der Waals surface area (Å²) in [5, 5.41) is 8.85. The number of benzene rings is 1. The summed E-state index contributed by atoms with van der Waals surface area (Å²) in [6.07, 6.45) is 1.05. The highest BCUT2D eigenvalue weighted by Gasteiger charge is 2.45. The minimum absolute atomic E-state index is 0.0959. The summed E-state index contributed by atoms with van der Waals surface area (Å²) < 4.78 is 12.0. The van der Waals surface area contributed by atoms with Gasteiger partial charge in [-0.1, -0.05) is 12.1 Å². The Bertz CT molecular complexity index is 973. The summed E-state index contributed by atoms with van der Waals surface area (Å²) >= 11 is 0. The fraction of sp³-hybridized carbons (Fsp3) is 0.545. The smallest absolute Gasteiger partial charge is 0.262 e. The molecule has 1 aromatic rings. The van der Waals surface area contributed by atoms with Crippen LogP contribution in [0.2, 0.25) is 0 Å². The third kappa shape index (κ3) is 3.73. The monoisotopic (exact) mass is 442 g/mol. The van der Waals surface area contributed by atoms with Crippen molar-refractivity contribution in [3.05, 3.63) is 34.9 Å². The van der Waals surface area contributed by atoms with Crippen LogP contribution in [0.5, 0.6) is 0 Å². The maximum atomic E-state index is 13.1. The van der Waals surface area contributed by atoms with Crippen molar-refractivity contribution in [2.45, 2.75) is 43.6 Å². The average molecular weight is 442 g/mol. The molecule has 0 radical (unpaired) electrons. The Kier molecular flexibility index (Phi) is 5.54. The molecule has 5 rings (SSSR count). The van der Waals surface area contributed by atoms with E-state index in [-0.39, 0.29) is 30.1 Å². The van der Waals surface area contributed by atoms with Crippen LogP contribution in [0.25, 0.3) is 0 Å². The van der Waals surface area contributed by atoms with Crippen LogP contribution in [0.3, 0.4) is 0 Å². The highest BCUT2D eigenvalue weighted by molar-refractivity contribution is 6.24. The second-order valence-electron chi connectivity index (χ2n) is 8.78. The zero-order valence-corrected chi connectivity index (χ0v) is 17.6. The van der Waals surface area contributed by atoms with Crippen LogP contribution in [-0.2, 0) is 25.6 Å². The van der Waals surface area contributed by atoms with E-state index < -0.39 is 29.7 Å². The summed E-state index contributed by atoms with van der Waals surface area (Å²) in [6.45, 7) is 3.71. The lowest BCUT2D eigenvalue weighted by Gasteiger charge is -2.38. The van der Waals surface area contributed by atoms with Crippen molar-refractivity contribution in [1.29, 1.82) is 0 Å². The normalized spacial score (nSPS) is 30.2. The first-order chi connectivity index (χ1) is 15.5. The number of fused-ring (bicyclic) bond motifs is 1. The summed E-state index contributed by atoms with van der Waals surface area (Å²) in [7, 11) is 0. The molecule has 4 heterocycles. The van der Waals surface area contributed by atoms with Gasteiger partial charge < -0.3 is 20.1 Å². The maximum Gasteiger partial charge on any atom is 0.262 e. The largest absolute Gasteiger partial charge is 0.376 e. The number of imide groups is 2. The molecule has 4 aliphatic heterocycles. The molecule has 10 heteroatoms. The second-order valence-corrected chi connectivity index (χ2v) is 8.78. The number of nitrogens with one attached hydrogen (secondary N) is 3. The zero-order chi connectivity index (χ0) is 22.3. The number of piperidine rings is 1. The number of nitrogens with zero attached hydrogens (tertiary/aromatic N) is 1. The predicted molar refractivity (Wildman–Crippen MR) is 111 cm³/mol. The van der Waals surface area contributed by atoms with Crippen LogP contribution in [0.15, 0.2) is 18.2 Å². The summed E-state index contributed by atoms with van der Waals surface area (Å²) in [5.41, 5.74) is 1.02. The average Bonchev–Trinajstić information content (AvgIpc) is 3.32. The highest BCUT2D eigenvalue weighted by Crippen LogP contribution is 2.30. The van der Waals surface area contributed by atoms with Crippen molar-refractivity contribution < 1.29 is 28.7 Å². The van der Waals surface area contributed by atoms with Crippen LogP contribution < -0.4 is 16.0 Å². The Morgan fingerprint density at radius 1 is 1.19 bits per heavy atom. The van der Waals surface area contributed by atoms with E-state index in [1.165, 1.54) is 0 Å². The molecule has 3 fully saturated rings. The van der Waals surface area contributed by atoms with Crippen LogP contribution >= 0.6 is 0 Å². The van der Waals surface area contributed by atoms with Crippen molar-refractivity contribution >= 4 is 23.6 Å². The number of hydrogen-bond acceptors (Lipinski definition) is 8. The molecule has 170 valence electrons. The van der Waals surface area contributed by atoms with Gasteiger partial charge in [-0.25, -0.2) is 0 Å². The van der Waals surface area contributed by atoms with E-state index >= 15 is 0 Å². The molecular formula is C22H26N4O6. The Morgan fingerprint density at radius 3 is 2.84 bits per heavy atom. The summed E-state index contributed by atoms with van der Waals surface area (Å²) in [6, 6.07) is 4.16. The number of carbonyl (C=O) groups is 4. The van der Waals surface area contributed by atoms with Gasteiger partial charge >= 0.3 is 0 Å². The molecule has 4 aliphatic rings. The molecule has 32 heavy (non-hydrogen) atoms. The first-order valence-electron chi connectivity index (χ1n) is 11.0. The number of amides is 4. The molecule has 0 bridgehead atoms. The molecule has 0 aliphatic carbocycles. The topological polar surface area (TPSA) is 126 Å². The predicted octanol–water partition coefficient (Wildman–Crippen LogP) is -0.675. The highest BCUT2D eigenvalue weighted by atomic mass is 16.6. The van der Waals surface area contributed by atoms with Crippen molar-refractivity contribution in [2.24, 2.45) is 0 Å². The Hall–Kier alpha value is -2.66. The molecule has 4 amide bonds. The minimum Gasteiger partial charge on any atom is -0.376 e. The molecule has 1 aromatic carbocycles. The van der Waals surface area contributed by atoms with E-state index in [0.717, 1.165) is 24.4 Å². The van der Waals surface area contributed by atoms with Gasteiger partial charge in [0.1, 0.15) is 11.6 Å². The lowest BCUT2D eigenvalue weighted by molar-refractivity contribution is -0.187.